The van der Waals surface area contributed by atoms with E-state index in [4.69, 9.17) is 44.8 Å². The third kappa shape index (κ3) is 7.52. The second-order valence-electron chi connectivity index (χ2n) is 23.1. The average molecular weight is 1070 g/mol. The number of halogens is 3. The highest BCUT2D eigenvalue weighted by molar-refractivity contribution is 6.32. The minimum Gasteiger partial charge on any atom is -0.341 e. The van der Waals surface area contributed by atoms with Crippen molar-refractivity contribution in [1.29, 1.82) is 0 Å². The minimum absolute atomic E-state index is 0.148. The molecule has 11 nitrogen and oxygen atoms in total. The first kappa shape index (κ1) is 47.6. The van der Waals surface area contributed by atoms with Crippen LogP contribution in [-0.2, 0) is 52.4 Å². The monoisotopic (exact) mass is 1070 g/mol. The lowest BCUT2D eigenvalue weighted by Crippen LogP contribution is -2.47. The molecule has 0 radical (unpaired) electrons. The number of benzene rings is 4. The van der Waals surface area contributed by atoms with E-state index in [1.807, 2.05) is 12.3 Å². The molecule has 0 aliphatic carbocycles. The molecule has 4 aromatic carbocycles. The molecule has 14 heteroatoms. The molecule has 11 heterocycles. The largest absolute Gasteiger partial charge is 0.341 e. The Morgan fingerprint density at radius 2 is 0.961 bits per heavy atom. The Kier molecular flexibility index (Phi) is 11.3. The van der Waals surface area contributed by atoms with Crippen molar-refractivity contribution in [2.45, 2.75) is 95.5 Å². The Labute approximate surface area is 459 Å². The van der Waals surface area contributed by atoms with E-state index in [1.54, 1.807) is 0 Å². The molecule has 0 fully saturated rings. The molecule has 0 amide bonds. The SMILES string of the molecule is Cc1ccc(C2Cn3c4c(c5cc(Cl)ccc53)CN(Cc3cc(C5Cn6c7c(c8cc(Cl)ccc86)CN(Cc6cccc(C8Cn9c%10c(c%11cc(Cl)ccc%119)CN(C)CC%10N8C)c6)CC7N5C)ccn3)CC4N2C)cn1. The van der Waals surface area contributed by atoms with Crippen LogP contribution in [0.3, 0.4) is 0 Å². The number of rotatable bonds is 7. The number of nitrogens with zero attached hydrogens (tertiary/aromatic N) is 11. The van der Waals surface area contributed by atoms with E-state index in [1.165, 1.54) is 88.7 Å². The number of pyridine rings is 2. The maximum atomic E-state index is 6.85. The van der Waals surface area contributed by atoms with Gasteiger partial charge in [0.1, 0.15) is 0 Å². The molecule has 0 saturated heterocycles. The van der Waals surface area contributed by atoms with Crippen molar-refractivity contribution >= 4 is 67.5 Å². The highest BCUT2D eigenvalue weighted by atomic mass is 35.5. The third-order valence-corrected chi connectivity index (χ3v) is 19.4. The number of aromatic nitrogens is 5. The van der Waals surface area contributed by atoms with E-state index in [0.29, 0.717) is 6.04 Å². The molecule has 386 valence electrons. The van der Waals surface area contributed by atoms with Crippen LogP contribution in [0.25, 0.3) is 32.7 Å². The Bertz CT molecular complexity index is 3820. The summed E-state index contributed by atoms with van der Waals surface area (Å²) in [6.07, 6.45) is 4.12. The van der Waals surface area contributed by atoms with E-state index < -0.39 is 0 Å². The van der Waals surface area contributed by atoms with Gasteiger partial charge in [-0.15, -0.1) is 0 Å². The Hall–Kier alpha value is -5.57. The number of hydrogen-bond donors (Lipinski definition) is 0. The van der Waals surface area contributed by atoms with Crippen LogP contribution in [0, 0.1) is 6.92 Å². The lowest BCUT2D eigenvalue weighted by Gasteiger charge is -2.46. The fourth-order valence-electron chi connectivity index (χ4n) is 15.1. The standard InChI is InChI=1S/C62H62Cl3N11/c1-36-9-10-40(24-67-36)56-35-76-53-16-13-43(65)23-47(53)50-29-73(32-59(62(50)76)71(56)5)26-44-20-39(17-18-66-44)55-34-75-52-15-12-42(64)22-46(52)49-28-72(31-58(61(49)75)70(55)4)25-37-7-6-8-38(19-37)54-33-74-51-14-11-41(63)21-45(51)48-27-68(2)30-57(60(48)74)69(54)3/h6-24,54-59H,25-35H2,1-5H3. The summed E-state index contributed by atoms with van der Waals surface area (Å²) in [7, 11) is 9.23. The van der Waals surface area contributed by atoms with Crippen molar-refractivity contribution < 1.29 is 0 Å². The van der Waals surface area contributed by atoms with Crippen LogP contribution in [0.1, 0.15) is 104 Å². The summed E-state index contributed by atoms with van der Waals surface area (Å²) in [6.45, 7) is 11.8. The number of likely N-dealkylation sites (N-methyl/N-ethyl adjacent to an activating group) is 4. The van der Waals surface area contributed by atoms with Crippen LogP contribution in [0.4, 0.5) is 0 Å². The minimum atomic E-state index is 0.148. The van der Waals surface area contributed by atoms with Crippen molar-refractivity contribution in [3.05, 3.63) is 198 Å². The van der Waals surface area contributed by atoms with Gasteiger partial charge in [-0.2, -0.15) is 0 Å². The Morgan fingerprint density at radius 1 is 0.461 bits per heavy atom. The molecule has 0 bridgehead atoms. The van der Waals surface area contributed by atoms with Crippen molar-refractivity contribution in [2.24, 2.45) is 0 Å². The zero-order valence-electron chi connectivity index (χ0n) is 43.8. The van der Waals surface area contributed by atoms with Crippen LogP contribution in [-0.4, -0.2) is 101 Å². The van der Waals surface area contributed by atoms with Gasteiger partial charge in [-0.1, -0.05) is 65.1 Å². The van der Waals surface area contributed by atoms with Gasteiger partial charge in [0.25, 0.3) is 0 Å². The summed E-state index contributed by atoms with van der Waals surface area (Å²) in [4.78, 5) is 25.5. The van der Waals surface area contributed by atoms with E-state index in [0.717, 1.165) is 98.4 Å². The molecule has 0 N–H and O–H groups in total. The zero-order chi connectivity index (χ0) is 51.4. The highest BCUT2D eigenvalue weighted by Gasteiger charge is 2.44. The lowest BCUT2D eigenvalue weighted by molar-refractivity contribution is 0.0658. The van der Waals surface area contributed by atoms with Gasteiger partial charge in [-0.05, 0) is 147 Å². The average Bonchev–Trinajstić information content (AvgIpc) is 4.23. The number of hydrogen-bond acceptors (Lipinski definition) is 8. The first-order chi connectivity index (χ1) is 36.9. The second-order valence-corrected chi connectivity index (χ2v) is 24.4. The van der Waals surface area contributed by atoms with Crippen molar-refractivity contribution in [3.63, 3.8) is 0 Å². The van der Waals surface area contributed by atoms with Crippen molar-refractivity contribution in [3.8, 4) is 0 Å². The molecule has 0 saturated carbocycles. The molecule has 6 aliphatic heterocycles. The van der Waals surface area contributed by atoms with E-state index in [2.05, 4.69) is 181 Å². The summed E-state index contributed by atoms with van der Waals surface area (Å²) < 4.78 is 7.81. The van der Waals surface area contributed by atoms with Gasteiger partial charge in [-0.3, -0.25) is 34.5 Å². The van der Waals surface area contributed by atoms with Gasteiger partial charge in [0.2, 0.25) is 0 Å². The Morgan fingerprint density at radius 3 is 1.50 bits per heavy atom. The molecule has 6 aliphatic rings. The molecule has 15 rings (SSSR count). The number of aryl methyl sites for hydroxylation is 1. The lowest BCUT2D eigenvalue weighted by atomic mass is 9.92. The van der Waals surface area contributed by atoms with Crippen LogP contribution >= 0.6 is 34.8 Å². The first-order valence-electron chi connectivity index (χ1n) is 27.1. The molecular formula is C62H62Cl3N11. The van der Waals surface area contributed by atoms with Gasteiger partial charge < -0.3 is 18.6 Å². The van der Waals surface area contributed by atoms with Crippen LogP contribution in [0.2, 0.25) is 15.1 Å². The zero-order valence-corrected chi connectivity index (χ0v) is 46.0. The predicted octanol–water partition coefficient (Wildman–Crippen LogP) is 12.3. The van der Waals surface area contributed by atoms with Gasteiger partial charge in [0.15, 0.2) is 0 Å². The molecule has 6 atom stereocenters. The smallest absolute Gasteiger partial charge is 0.0636 e. The molecule has 5 aromatic heterocycles. The van der Waals surface area contributed by atoms with Gasteiger partial charge in [-0.25, -0.2) is 0 Å². The molecule has 9 aromatic rings. The van der Waals surface area contributed by atoms with Gasteiger partial charge in [0, 0.05) is 155 Å². The van der Waals surface area contributed by atoms with E-state index in [-0.39, 0.29) is 30.2 Å². The molecule has 0 spiro atoms. The fraction of sp³-hybridized carbons (Fsp3) is 0.355. The normalized spacial score (nSPS) is 24.2. The predicted molar refractivity (Wildman–Crippen MR) is 305 cm³/mol. The van der Waals surface area contributed by atoms with Crippen molar-refractivity contribution in [2.75, 3.05) is 47.8 Å². The third-order valence-electron chi connectivity index (χ3n) is 18.7. The fourth-order valence-corrected chi connectivity index (χ4v) is 15.6. The van der Waals surface area contributed by atoms with Crippen LogP contribution in [0.15, 0.2) is 116 Å². The maximum absolute atomic E-state index is 6.85. The Balaban J connectivity index is 0.719. The van der Waals surface area contributed by atoms with Crippen molar-refractivity contribution in [1.82, 2.24) is 53.1 Å². The quantitative estimate of drug-likeness (QED) is 0.156. The molecule has 6 unspecified atom stereocenters. The van der Waals surface area contributed by atoms with Gasteiger partial charge >= 0.3 is 0 Å². The molecular weight excluding hydrogens is 1010 g/mol. The topological polar surface area (TPSA) is 60.0 Å². The summed E-state index contributed by atoms with van der Waals surface area (Å²) in [5.41, 5.74) is 19.8. The summed E-state index contributed by atoms with van der Waals surface area (Å²) in [5, 5.41) is 6.18. The molecule has 76 heavy (non-hydrogen) atoms. The van der Waals surface area contributed by atoms with Crippen LogP contribution < -0.4 is 0 Å². The first-order valence-corrected chi connectivity index (χ1v) is 28.2. The summed E-state index contributed by atoms with van der Waals surface area (Å²) in [6, 6.07) is 39.2. The van der Waals surface area contributed by atoms with Gasteiger partial charge in [0.05, 0.1) is 41.9 Å². The van der Waals surface area contributed by atoms with Crippen LogP contribution in [0.5, 0.6) is 0 Å². The summed E-state index contributed by atoms with van der Waals surface area (Å²) in [5.74, 6) is 0. The number of fused-ring (bicyclic) bond motifs is 9. The highest BCUT2D eigenvalue weighted by Crippen LogP contribution is 2.49. The second kappa shape index (κ2) is 18.0. The van der Waals surface area contributed by atoms with E-state index in [9.17, 15) is 0 Å². The van der Waals surface area contributed by atoms with E-state index >= 15 is 0 Å². The summed E-state index contributed by atoms with van der Waals surface area (Å²) >= 11 is 20.2. The maximum Gasteiger partial charge on any atom is 0.0636 e.